The predicted octanol–water partition coefficient (Wildman–Crippen LogP) is 7.19. The van der Waals surface area contributed by atoms with E-state index < -0.39 is 5.41 Å². The molecule has 1 amide bonds. The molecule has 2 aromatic heterocycles. The molecule has 34 heavy (non-hydrogen) atoms. The molecule has 0 bridgehead atoms. The van der Waals surface area contributed by atoms with Crippen molar-refractivity contribution in [2.75, 3.05) is 5.32 Å². The van der Waals surface area contributed by atoms with Gasteiger partial charge in [0.1, 0.15) is 0 Å². The van der Waals surface area contributed by atoms with E-state index in [9.17, 15) is 4.79 Å². The molecule has 0 aliphatic carbocycles. The van der Waals surface area contributed by atoms with E-state index in [0.717, 1.165) is 33.4 Å². The summed E-state index contributed by atoms with van der Waals surface area (Å²) in [4.78, 5) is 13.5. The standard InChI is InChI=1S/C29H27N3OS/c1-20-9-12-25(13-10-20)32-26-14-11-22(17-23(26)18-30-32)27(21-7-5-4-6-8-21)29(2,3)28(33)31-24-15-16-34-19-24/h4-19,27H,1-3H3,(H,31,33). The van der Waals surface area contributed by atoms with Crippen LogP contribution in [0.3, 0.4) is 0 Å². The minimum Gasteiger partial charge on any atom is -0.325 e. The van der Waals surface area contributed by atoms with Crippen LogP contribution in [0.5, 0.6) is 0 Å². The van der Waals surface area contributed by atoms with Gasteiger partial charge in [-0.3, -0.25) is 4.79 Å². The van der Waals surface area contributed by atoms with Crippen molar-refractivity contribution in [3.63, 3.8) is 0 Å². The van der Waals surface area contributed by atoms with Gasteiger partial charge in [0.25, 0.3) is 0 Å². The zero-order valence-corrected chi connectivity index (χ0v) is 20.3. The number of hydrogen-bond donors (Lipinski definition) is 1. The van der Waals surface area contributed by atoms with Crippen LogP contribution in [0.25, 0.3) is 16.6 Å². The molecule has 5 aromatic rings. The molecule has 1 unspecified atom stereocenters. The average molecular weight is 466 g/mol. The lowest BCUT2D eigenvalue weighted by atomic mass is 9.70. The molecule has 1 N–H and O–H groups in total. The van der Waals surface area contributed by atoms with E-state index in [1.54, 1.807) is 11.3 Å². The van der Waals surface area contributed by atoms with Crippen LogP contribution in [0, 0.1) is 12.3 Å². The summed E-state index contributed by atoms with van der Waals surface area (Å²) in [7, 11) is 0. The Morgan fingerprint density at radius 1 is 0.971 bits per heavy atom. The van der Waals surface area contributed by atoms with Gasteiger partial charge in [-0.2, -0.15) is 16.4 Å². The molecule has 5 heteroatoms. The number of aryl methyl sites for hydroxylation is 1. The monoisotopic (exact) mass is 465 g/mol. The summed E-state index contributed by atoms with van der Waals surface area (Å²) in [6.07, 6.45) is 1.90. The number of fused-ring (bicyclic) bond motifs is 1. The van der Waals surface area contributed by atoms with Crippen LogP contribution in [0.2, 0.25) is 0 Å². The van der Waals surface area contributed by atoms with Crippen molar-refractivity contribution in [3.05, 3.63) is 113 Å². The fourth-order valence-electron chi connectivity index (χ4n) is 4.55. The van der Waals surface area contributed by atoms with E-state index in [4.69, 9.17) is 0 Å². The maximum Gasteiger partial charge on any atom is 0.231 e. The van der Waals surface area contributed by atoms with Gasteiger partial charge in [-0.05, 0) is 53.8 Å². The summed E-state index contributed by atoms with van der Waals surface area (Å²) in [5.74, 6) is -0.130. The van der Waals surface area contributed by atoms with Crippen molar-refractivity contribution in [3.8, 4) is 5.69 Å². The lowest BCUT2D eigenvalue weighted by Crippen LogP contribution is -2.37. The molecule has 0 spiro atoms. The van der Waals surface area contributed by atoms with Crippen LogP contribution in [0.4, 0.5) is 5.69 Å². The van der Waals surface area contributed by atoms with Gasteiger partial charge in [0.15, 0.2) is 0 Å². The summed E-state index contributed by atoms with van der Waals surface area (Å²) in [5.41, 5.74) is 5.64. The molecule has 170 valence electrons. The fourth-order valence-corrected chi connectivity index (χ4v) is 5.14. The molecule has 0 radical (unpaired) electrons. The summed E-state index contributed by atoms with van der Waals surface area (Å²) >= 11 is 1.57. The summed E-state index contributed by atoms with van der Waals surface area (Å²) in [6, 6.07) is 27.0. The van der Waals surface area contributed by atoms with E-state index in [1.165, 1.54) is 5.56 Å². The van der Waals surface area contributed by atoms with Crippen LogP contribution in [0.1, 0.15) is 36.5 Å². The largest absolute Gasteiger partial charge is 0.325 e. The molecule has 0 saturated heterocycles. The molecule has 0 aliphatic heterocycles. The Balaban J connectivity index is 1.57. The number of anilines is 1. The van der Waals surface area contributed by atoms with Gasteiger partial charge < -0.3 is 5.32 Å². The predicted molar refractivity (Wildman–Crippen MR) is 141 cm³/mol. The highest BCUT2D eigenvalue weighted by Gasteiger charge is 2.39. The molecule has 5 rings (SSSR count). The number of thiophene rings is 1. The number of amides is 1. The third kappa shape index (κ3) is 4.15. The van der Waals surface area contributed by atoms with E-state index >= 15 is 0 Å². The first-order valence-electron chi connectivity index (χ1n) is 11.4. The third-order valence-electron chi connectivity index (χ3n) is 6.42. The zero-order valence-electron chi connectivity index (χ0n) is 19.5. The molecule has 0 saturated carbocycles. The minimum atomic E-state index is -0.691. The Bertz CT molecular complexity index is 1420. The topological polar surface area (TPSA) is 46.9 Å². The van der Waals surface area contributed by atoms with Crippen molar-refractivity contribution >= 4 is 33.8 Å². The Kier molecular flexibility index (Phi) is 5.80. The van der Waals surface area contributed by atoms with Crippen LogP contribution >= 0.6 is 11.3 Å². The highest BCUT2D eigenvalue weighted by atomic mass is 32.1. The molecule has 4 nitrogen and oxygen atoms in total. The Morgan fingerprint density at radius 3 is 2.44 bits per heavy atom. The zero-order chi connectivity index (χ0) is 23.7. The second-order valence-corrected chi connectivity index (χ2v) is 10.0. The van der Waals surface area contributed by atoms with E-state index in [0.29, 0.717) is 0 Å². The average Bonchev–Trinajstić information content (AvgIpc) is 3.50. The van der Waals surface area contributed by atoms with Gasteiger partial charge in [0.2, 0.25) is 5.91 Å². The lowest BCUT2D eigenvalue weighted by molar-refractivity contribution is -0.124. The Labute approximate surface area is 203 Å². The first-order chi connectivity index (χ1) is 16.4. The maximum absolute atomic E-state index is 13.5. The summed E-state index contributed by atoms with van der Waals surface area (Å²) < 4.78 is 1.96. The van der Waals surface area contributed by atoms with Gasteiger partial charge in [-0.15, -0.1) is 0 Å². The quantitative estimate of drug-likeness (QED) is 0.288. The van der Waals surface area contributed by atoms with Crippen molar-refractivity contribution in [1.29, 1.82) is 0 Å². The van der Waals surface area contributed by atoms with Crippen molar-refractivity contribution < 1.29 is 4.79 Å². The molecule has 0 aliphatic rings. The van der Waals surface area contributed by atoms with E-state index in [2.05, 4.69) is 71.9 Å². The SMILES string of the molecule is Cc1ccc(-n2ncc3cc(C(c4ccccc4)C(C)(C)C(=O)Nc4ccsc4)ccc32)cc1. The first-order valence-corrected chi connectivity index (χ1v) is 12.3. The molecule has 2 heterocycles. The van der Waals surface area contributed by atoms with E-state index in [-0.39, 0.29) is 11.8 Å². The second kappa shape index (κ2) is 8.92. The maximum atomic E-state index is 13.5. The van der Waals surface area contributed by atoms with Gasteiger partial charge in [0.05, 0.1) is 28.5 Å². The van der Waals surface area contributed by atoms with Crippen molar-refractivity contribution in [2.45, 2.75) is 26.7 Å². The van der Waals surface area contributed by atoms with Crippen molar-refractivity contribution in [1.82, 2.24) is 9.78 Å². The number of nitrogens with one attached hydrogen (secondary N) is 1. The number of nitrogens with zero attached hydrogens (tertiary/aromatic N) is 2. The fraction of sp³-hybridized carbons (Fsp3) is 0.172. The van der Waals surface area contributed by atoms with Crippen LogP contribution in [-0.2, 0) is 4.79 Å². The number of rotatable bonds is 6. The van der Waals surface area contributed by atoms with Crippen LogP contribution in [-0.4, -0.2) is 15.7 Å². The number of aromatic nitrogens is 2. The number of hydrogen-bond acceptors (Lipinski definition) is 3. The highest BCUT2D eigenvalue weighted by Crippen LogP contribution is 2.42. The number of carbonyl (C=O) groups excluding carboxylic acids is 1. The van der Waals surface area contributed by atoms with Crippen LogP contribution in [0.15, 0.2) is 95.8 Å². The lowest BCUT2D eigenvalue weighted by Gasteiger charge is -2.34. The molecular formula is C29H27N3OS. The summed E-state index contributed by atoms with van der Waals surface area (Å²) in [6.45, 7) is 6.12. The Hall–Kier alpha value is -3.70. The second-order valence-electron chi connectivity index (χ2n) is 9.24. The van der Waals surface area contributed by atoms with Crippen molar-refractivity contribution in [2.24, 2.45) is 5.41 Å². The Morgan fingerprint density at radius 2 is 1.74 bits per heavy atom. The van der Waals surface area contributed by atoms with Gasteiger partial charge >= 0.3 is 0 Å². The summed E-state index contributed by atoms with van der Waals surface area (Å²) in [5, 5.41) is 12.7. The molecule has 1 atom stereocenters. The smallest absolute Gasteiger partial charge is 0.231 e. The first kappa shape index (κ1) is 22.1. The third-order valence-corrected chi connectivity index (χ3v) is 7.11. The highest BCUT2D eigenvalue weighted by molar-refractivity contribution is 7.08. The van der Waals surface area contributed by atoms with Gasteiger partial charge in [-0.1, -0.05) is 67.9 Å². The molecule has 0 fully saturated rings. The van der Waals surface area contributed by atoms with Gasteiger partial charge in [-0.25, -0.2) is 4.68 Å². The van der Waals surface area contributed by atoms with Crippen LogP contribution < -0.4 is 5.32 Å². The number of carbonyl (C=O) groups is 1. The van der Waals surface area contributed by atoms with E-state index in [1.807, 2.05) is 59.8 Å². The molecule has 3 aromatic carbocycles. The minimum absolute atomic E-state index is 0.00444. The number of benzene rings is 3. The normalized spacial score (nSPS) is 12.6. The van der Waals surface area contributed by atoms with Gasteiger partial charge in [0, 0.05) is 16.7 Å². The molecular weight excluding hydrogens is 438 g/mol.